The fourth-order valence-corrected chi connectivity index (χ4v) is 1.73. The Bertz CT molecular complexity index is 555. The summed E-state index contributed by atoms with van der Waals surface area (Å²) < 4.78 is 5.54. The van der Waals surface area contributed by atoms with Crippen LogP contribution in [0.3, 0.4) is 0 Å². The highest BCUT2D eigenvalue weighted by Crippen LogP contribution is 2.24. The third-order valence-corrected chi connectivity index (χ3v) is 2.44. The molecule has 0 spiro atoms. The minimum atomic E-state index is -0.00815. The third-order valence-electron chi connectivity index (χ3n) is 2.10. The normalized spacial score (nSPS) is 10.1. The largest absolute Gasteiger partial charge is 0.424 e. The highest BCUT2D eigenvalue weighted by Gasteiger charge is 2.08. The van der Waals surface area contributed by atoms with E-state index in [9.17, 15) is 0 Å². The molecule has 0 aliphatic carbocycles. The Kier molecular flexibility index (Phi) is 4.12. The molecule has 1 heterocycles. The zero-order valence-electron chi connectivity index (χ0n) is 9.31. The van der Waals surface area contributed by atoms with Crippen LogP contribution >= 0.6 is 23.2 Å². The van der Waals surface area contributed by atoms with Gasteiger partial charge in [-0.1, -0.05) is 24.3 Å². The number of aromatic nitrogens is 3. The summed E-state index contributed by atoms with van der Waals surface area (Å²) in [6.45, 7) is 3.69. The van der Waals surface area contributed by atoms with Gasteiger partial charge in [0.1, 0.15) is 5.75 Å². The summed E-state index contributed by atoms with van der Waals surface area (Å²) in [4.78, 5) is 11.3. The molecule has 92 valence electrons. The predicted octanol–water partition coefficient (Wildman–Crippen LogP) is 3.70. The van der Waals surface area contributed by atoms with Gasteiger partial charge in [-0.3, -0.25) is 0 Å². The van der Waals surface area contributed by atoms with Crippen LogP contribution < -0.4 is 4.74 Å². The van der Waals surface area contributed by atoms with Crippen LogP contribution in [0.4, 0.5) is 0 Å². The third kappa shape index (κ3) is 3.18. The number of halogens is 2. The first kappa shape index (κ1) is 12.8. The summed E-state index contributed by atoms with van der Waals surface area (Å²) in [6, 6.07) is 7.58. The molecule has 0 N–H and O–H groups in total. The lowest BCUT2D eigenvalue weighted by Gasteiger charge is -2.08. The van der Waals surface area contributed by atoms with Crippen molar-refractivity contribution in [3.63, 3.8) is 0 Å². The lowest BCUT2D eigenvalue weighted by atomic mass is 10.1. The van der Waals surface area contributed by atoms with Gasteiger partial charge in [-0.15, -0.1) is 6.58 Å². The summed E-state index contributed by atoms with van der Waals surface area (Å²) in [5, 5.41) is -0.0163. The van der Waals surface area contributed by atoms with Crippen LogP contribution in [0, 0.1) is 0 Å². The Balaban J connectivity index is 2.30. The standard InChI is InChI=1S/C12H9Cl2N3O/c1-2-5-8-6-3-4-7-9(8)18-12-16-10(13)15-11(14)17-12/h2-4,6-7H,1,5H2. The van der Waals surface area contributed by atoms with Crippen molar-refractivity contribution in [3.8, 4) is 11.8 Å². The topological polar surface area (TPSA) is 47.9 Å². The molecule has 18 heavy (non-hydrogen) atoms. The molecule has 4 nitrogen and oxygen atoms in total. The van der Waals surface area contributed by atoms with E-state index in [1.807, 2.05) is 24.3 Å². The van der Waals surface area contributed by atoms with Gasteiger partial charge in [-0.2, -0.15) is 15.0 Å². The molecule has 6 heteroatoms. The molecule has 2 rings (SSSR count). The zero-order valence-corrected chi connectivity index (χ0v) is 10.8. The number of ether oxygens (including phenoxy) is 1. The number of hydrogen-bond acceptors (Lipinski definition) is 4. The van der Waals surface area contributed by atoms with Crippen LogP contribution in [0.15, 0.2) is 36.9 Å². The minimum Gasteiger partial charge on any atom is -0.424 e. The summed E-state index contributed by atoms with van der Waals surface area (Å²) in [5.41, 5.74) is 0.972. The van der Waals surface area contributed by atoms with E-state index in [1.54, 1.807) is 6.08 Å². The molecule has 0 amide bonds. The quantitative estimate of drug-likeness (QED) is 0.802. The van der Waals surface area contributed by atoms with Crippen molar-refractivity contribution in [1.82, 2.24) is 15.0 Å². The monoisotopic (exact) mass is 281 g/mol. The Hall–Kier alpha value is -1.65. The lowest BCUT2D eigenvalue weighted by molar-refractivity contribution is 0.435. The van der Waals surface area contributed by atoms with E-state index in [1.165, 1.54) is 0 Å². The molecular weight excluding hydrogens is 273 g/mol. The highest BCUT2D eigenvalue weighted by molar-refractivity contribution is 6.31. The number of para-hydroxylation sites is 1. The second-order valence-electron chi connectivity index (χ2n) is 3.36. The molecule has 1 aromatic carbocycles. The van der Waals surface area contributed by atoms with Crippen molar-refractivity contribution in [3.05, 3.63) is 53.1 Å². The maximum absolute atomic E-state index is 5.67. The molecule has 0 bridgehead atoms. The summed E-state index contributed by atoms with van der Waals surface area (Å²) >= 11 is 11.3. The number of allylic oxidation sites excluding steroid dienone is 1. The van der Waals surface area contributed by atoms with Gasteiger partial charge in [0.15, 0.2) is 0 Å². The molecule has 0 atom stereocenters. The van der Waals surface area contributed by atoms with Gasteiger partial charge < -0.3 is 4.74 Å². The van der Waals surface area contributed by atoms with Gasteiger partial charge in [0, 0.05) is 0 Å². The van der Waals surface area contributed by atoms with E-state index in [0.717, 1.165) is 5.56 Å². The van der Waals surface area contributed by atoms with Crippen LogP contribution in [0.1, 0.15) is 5.56 Å². The van der Waals surface area contributed by atoms with Crippen LogP contribution in [0.2, 0.25) is 10.6 Å². The first-order valence-corrected chi connectivity index (χ1v) is 5.88. The molecular formula is C12H9Cl2N3O. The molecule has 2 aromatic rings. The molecule has 0 radical (unpaired) electrons. The molecule has 0 aliphatic heterocycles. The van der Waals surface area contributed by atoms with E-state index < -0.39 is 0 Å². The fraction of sp³-hybridized carbons (Fsp3) is 0.0833. The number of rotatable bonds is 4. The average Bonchev–Trinajstić information content (AvgIpc) is 2.30. The van der Waals surface area contributed by atoms with E-state index in [-0.39, 0.29) is 16.6 Å². The molecule has 0 fully saturated rings. The summed E-state index contributed by atoms with van der Waals surface area (Å²) in [6.07, 6.45) is 2.47. The van der Waals surface area contributed by atoms with Gasteiger partial charge in [0.05, 0.1) is 0 Å². The minimum absolute atomic E-state index is 0.00815. The Morgan fingerprint density at radius 1 is 1.11 bits per heavy atom. The van der Waals surface area contributed by atoms with Crippen molar-refractivity contribution in [1.29, 1.82) is 0 Å². The van der Waals surface area contributed by atoms with Crippen molar-refractivity contribution in [2.45, 2.75) is 6.42 Å². The SMILES string of the molecule is C=CCc1ccccc1Oc1nc(Cl)nc(Cl)n1. The summed E-state index contributed by atoms with van der Waals surface area (Å²) in [7, 11) is 0. The van der Waals surface area contributed by atoms with Crippen molar-refractivity contribution >= 4 is 23.2 Å². The van der Waals surface area contributed by atoms with Gasteiger partial charge >= 0.3 is 6.01 Å². The fourth-order valence-electron chi connectivity index (χ4n) is 1.38. The number of hydrogen-bond donors (Lipinski definition) is 0. The molecule has 0 saturated carbocycles. The van der Waals surface area contributed by atoms with Crippen molar-refractivity contribution < 1.29 is 4.74 Å². The molecule has 1 aromatic heterocycles. The van der Waals surface area contributed by atoms with Crippen LogP contribution in [0.5, 0.6) is 11.8 Å². The Labute approximate surface area is 114 Å². The van der Waals surface area contributed by atoms with E-state index >= 15 is 0 Å². The lowest BCUT2D eigenvalue weighted by Crippen LogP contribution is -1.97. The van der Waals surface area contributed by atoms with Crippen LogP contribution in [0.25, 0.3) is 0 Å². The molecule has 0 saturated heterocycles. The Morgan fingerprint density at radius 2 is 1.78 bits per heavy atom. The second kappa shape index (κ2) is 5.80. The van der Waals surface area contributed by atoms with Crippen LogP contribution in [-0.4, -0.2) is 15.0 Å². The zero-order chi connectivity index (χ0) is 13.0. The summed E-state index contributed by atoms with van der Waals surface area (Å²) in [5.74, 6) is 0.635. The highest BCUT2D eigenvalue weighted by atomic mass is 35.5. The molecule has 0 aliphatic rings. The van der Waals surface area contributed by atoms with E-state index in [2.05, 4.69) is 21.5 Å². The van der Waals surface area contributed by atoms with E-state index in [4.69, 9.17) is 27.9 Å². The van der Waals surface area contributed by atoms with Gasteiger partial charge in [-0.25, -0.2) is 0 Å². The maximum atomic E-state index is 5.67. The second-order valence-corrected chi connectivity index (χ2v) is 4.03. The smallest absolute Gasteiger partial charge is 0.327 e. The predicted molar refractivity (Wildman–Crippen MR) is 70.3 cm³/mol. The van der Waals surface area contributed by atoms with Gasteiger partial charge in [0.2, 0.25) is 10.6 Å². The maximum Gasteiger partial charge on any atom is 0.327 e. The molecule has 0 unspecified atom stereocenters. The first-order chi connectivity index (χ1) is 8.69. The van der Waals surface area contributed by atoms with Crippen molar-refractivity contribution in [2.24, 2.45) is 0 Å². The van der Waals surface area contributed by atoms with Gasteiger partial charge in [-0.05, 0) is 41.3 Å². The Morgan fingerprint density at radius 3 is 2.44 bits per heavy atom. The van der Waals surface area contributed by atoms with Gasteiger partial charge in [0.25, 0.3) is 0 Å². The van der Waals surface area contributed by atoms with Crippen LogP contribution in [-0.2, 0) is 6.42 Å². The van der Waals surface area contributed by atoms with Crippen molar-refractivity contribution in [2.75, 3.05) is 0 Å². The number of benzene rings is 1. The average molecular weight is 282 g/mol. The number of nitrogens with zero attached hydrogens (tertiary/aromatic N) is 3. The first-order valence-electron chi connectivity index (χ1n) is 5.13. The van der Waals surface area contributed by atoms with E-state index in [0.29, 0.717) is 12.2 Å².